The quantitative estimate of drug-likeness (QED) is 0.0995. The van der Waals surface area contributed by atoms with Gasteiger partial charge in [0.1, 0.15) is 11.2 Å². The molecule has 0 aliphatic rings. The fourth-order valence-corrected chi connectivity index (χ4v) is 8.01. The number of hydrogen-bond donors (Lipinski definition) is 0. The maximum atomic E-state index is 6.85. The van der Waals surface area contributed by atoms with Crippen LogP contribution in [-0.2, 0) is 52.4 Å². The molecule has 0 unspecified atom stereocenters. The summed E-state index contributed by atoms with van der Waals surface area (Å²) in [4.78, 5) is 22.5. The summed E-state index contributed by atoms with van der Waals surface area (Å²) < 4.78 is 20.5. The van der Waals surface area contributed by atoms with Crippen LogP contribution in [0.5, 0.6) is 23.0 Å². The monoisotopic (exact) mass is 1280 g/mol. The van der Waals surface area contributed by atoms with Gasteiger partial charge >= 0.3 is 41.2 Å². The zero-order chi connectivity index (χ0) is 47.2. The van der Waals surface area contributed by atoms with Crippen LogP contribution in [0, 0.1) is 30.3 Å². The number of benzene rings is 6. The van der Waals surface area contributed by atoms with Gasteiger partial charge < -0.3 is 39.1 Å². The fourth-order valence-electron chi connectivity index (χ4n) is 8.01. The maximum absolute atomic E-state index is 6.85. The summed E-state index contributed by atoms with van der Waals surface area (Å²) in [6.07, 6.45) is 8.72. The molecule has 0 N–H and O–H groups in total. The van der Waals surface area contributed by atoms with Gasteiger partial charge in [-0.1, -0.05) is 72.3 Å². The van der Waals surface area contributed by atoms with Crippen LogP contribution < -0.4 is 14.2 Å². The molecule has 0 aliphatic heterocycles. The van der Waals surface area contributed by atoms with Gasteiger partial charge in [0.25, 0.3) is 0 Å². The zero-order valence-corrected chi connectivity index (χ0v) is 43.8. The van der Waals surface area contributed by atoms with Crippen LogP contribution in [0.3, 0.4) is 0 Å². The van der Waals surface area contributed by atoms with Crippen LogP contribution in [0.15, 0.2) is 195 Å². The van der Waals surface area contributed by atoms with Crippen molar-refractivity contribution in [3.8, 4) is 90.4 Å². The van der Waals surface area contributed by atoms with Crippen molar-refractivity contribution in [2.45, 2.75) is 38.9 Å². The second-order valence-corrected chi connectivity index (χ2v) is 17.2. The zero-order valence-electron chi connectivity index (χ0n) is 39.1. The summed E-state index contributed by atoms with van der Waals surface area (Å²) in [6, 6.07) is 70.4. The first-order valence-electron chi connectivity index (χ1n) is 22.5. The smallest absolute Gasteiger partial charge is 0.527 e. The molecule has 10 rings (SSSR count). The molecule has 10 heteroatoms. The molecule has 0 saturated heterocycles. The van der Waals surface area contributed by atoms with E-state index in [1.54, 1.807) is 37.1 Å². The molecule has 10 aromatic rings. The van der Waals surface area contributed by atoms with Gasteiger partial charge in [-0.15, -0.1) is 89.0 Å². The maximum Gasteiger partial charge on any atom is 3.00 e. The Balaban J connectivity index is 0.00000338. The van der Waals surface area contributed by atoms with Crippen molar-refractivity contribution < 1.29 is 55.4 Å². The molecular formula is C61H44IrN5O3Pt. The fraction of sp³-hybridized carbons (Fsp3) is 0.0984. The van der Waals surface area contributed by atoms with Crippen molar-refractivity contribution in [3.05, 3.63) is 236 Å². The van der Waals surface area contributed by atoms with E-state index in [1.807, 2.05) is 127 Å². The van der Waals surface area contributed by atoms with Crippen LogP contribution >= 0.6 is 0 Å². The summed E-state index contributed by atoms with van der Waals surface area (Å²) in [5.74, 6) is 2.77. The van der Waals surface area contributed by atoms with E-state index >= 15 is 0 Å². The van der Waals surface area contributed by atoms with E-state index in [1.165, 1.54) is 0 Å². The minimum absolute atomic E-state index is 0. The summed E-state index contributed by atoms with van der Waals surface area (Å²) in [5.41, 5.74) is 9.32. The molecule has 0 saturated carbocycles. The minimum atomic E-state index is -0.824. The molecule has 4 heterocycles. The topological polar surface area (TPSA) is 92.1 Å². The molecule has 0 bridgehead atoms. The number of aromatic nitrogens is 5. The molecular weight excluding hydrogens is 1240 g/mol. The van der Waals surface area contributed by atoms with Gasteiger partial charge in [0, 0.05) is 48.2 Å². The summed E-state index contributed by atoms with van der Waals surface area (Å²) in [7, 11) is 0. The van der Waals surface area contributed by atoms with E-state index in [9.17, 15) is 0 Å². The Morgan fingerprint density at radius 1 is 0.437 bits per heavy atom. The molecule has 350 valence electrons. The molecule has 0 radical (unpaired) electrons. The Bertz CT molecular complexity index is 3230. The summed E-state index contributed by atoms with van der Waals surface area (Å²) in [5, 5.41) is 0. The SMILES string of the molecule is CC(C)(Oc1c[c-]c(-c2ccccn2)cc1)c1cc(-c2ccccc2-c2c[c-]c(-c3ncccn3)[c-]c2Oc2[c-]c(-c3ccccn3)ccc2)cc(C(C)(C)Oc2c[c-]c(-c3ccccn3)cc2)c1.[Ir+3].[Pt+2]. The Kier molecular flexibility index (Phi) is 15.6. The number of rotatable bonds is 14. The molecule has 71 heavy (non-hydrogen) atoms. The Labute approximate surface area is 442 Å². The molecule has 6 aromatic carbocycles. The molecule has 0 fully saturated rings. The molecule has 0 aliphatic carbocycles. The van der Waals surface area contributed by atoms with Crippen molar-refractivity contribution in [1.82, 2.24) is 24.9 Å². The second kappa shape index (κ2) is 22.1. The summed E-state index contributed by atoms with van der Waals surface area (Å²) >= 11 is 0. The van der Waals surface area contributed by atoms with Crippen molar-refractivity contribution in [2.75, 3.05) is 0 Å². The van der Waals surface area contributed by atoms with Gasteiger partial charge in [0.05, 0.1) is 0 Å². The normalized spacial score (nSPS) is 11.2. The minimum Gasteiger partial charge on any atom is -0.527 e. The van der Waals surface area contributed by atoms with Crippen LogP contribution in [0.25, 0.3) is 67.4 Å². The number of pyridine rings is 3. The third-order valence-corrected chi connectivity index (χ3v) is 11.6. The van der Waals surface area contributed by atoms with Crippen molar-refractivity contribution >= 4 is 0 Å². The molecule has 8 nitrogen and oxygen atoms in total. The van der Waals surface area contributed by atoms with Gasteiger partial charge in [0.2, 0.25) is 0 Å². The summed E-state index contributed by atoms with van der Waals surface area (Å²) in [6.45, 7) is 8.29. The van der Waals surface area contributed by atoms with E-state index in [-0.39, 0.29) is 41.2 Å². The van der Waals surface area contributed by atoms with E-state index in [0.29, 0.717) is 34.4 Å². The molecule has 0 atom stereocenters. The van der Waals surface area contributed by atoms with Crippen molar-refractivity contribution in [3.63, 3.8) is 0 Å². The van der Waals surface area contributed by atoms with E-state index in [4.69, 9.17) is 14.2 Å². The Morgan fingerprint density at radius 2 is 0.958 bits per heavy atom. The first-order valence-corrected chi connectivity index (χ1v) is 22.5. The number of nitrogens with zero attached hydrogens (tertiary/aromatic N) is 5. The van der Waals surface area contributed by atoms with E-state index in [0.717, 1.165) is 67.2 Å². The van der Waals surface area contributed by atoms with Crippen LogP contribution in [0.1, 0.15) is 38.8 Å². The Hall–Kier alpha value is -7.41. The van der Waals surface area contributed by atoms with Gasteiger partial charge in [0.15, 0.2) is 0 Å². The van der Waals surface area contributed by atoms with Crippen molar-refractivity contribution in [1.29, 1.82) is 0 Å². The number of hydrogen-bond acceptors (Lipinski definition) is 8. The molecule has 4 aromatic heterocycles. The van der Waals surface area contributed by atoms with E-state index in [2.05, 4.69) is 113 Å². The Morgan fingerprint density at radius 3 is 1.48 bits per heavy atom. The van der Waals surface area contributed by atoms with Crippen LogP contribution in [0.4, 0.5) is 0 Å². The van der Waals surface area contributed by atoms with Gasteiger partial charge in [-0.2, -0.15) is 0 Å². The average Bonchev–Trinajstić information content (AvgIpc) is 3.40. The van der Waals surface area contributed by atoms with Gasteiger partial charge in [-0.3, -0.25) is 6.07 Å². The standard InChI is InChI=1S/C61H44N5O3.Ir.Pt/c1-60(2,68-49-27-22-42(23-28-49)55-19-7-10-32-62-55)47-37-46(38-48(41-47)61(3,4)69-50-29-24-43(25-30-50)56-20-8-11-33-63-56)52-17-5-6-18-53(52)54-31-26-45(59-65-35-14-36-66-59)40-58(54)67-51-16-13-15-44(39-51)57-21-9-12-34-64-57;;/h5-22,24,27-38,41H,1-4H3;;/q-5;+3;+2. The first-order chi connectivity index (χ1) is 33.6. The largest absolute Gasteiger partial charge is 3.00 e. The van der Waals surface area contributed by atoms with E-state index < -0.39 is 11.2 Å². The second-order valence-electron chi connectivity index (χ2n) is 17.2. The molecule has 0 spiro atoms. The average molecular weight is 1280 g/mol. The van der Waals surface area contributed by atoms with Gasteiger partial charge in [-0.25, -0.2) is 17.7 Å². The third kappa shape index (κ3) is 11.6. The predicted molar refractivity (Wildman–Crippen MR) is 269 cm³/mol. The first kappa shape index (κ1) is 50.0. The van der Waals surface area contributed by atoms with Crippen molar-refractivity contribution in [2.24, 2.45) is 0 Å². The third-order valence-electron chi connectivity index (χ3n) is 11.6. The number of ether oxygens (including phenoxy) is 3. The molecule has 0 amide bonds. The predicted octanol–water partition coefficient (Wildman–Crippen LogP) is 14.1. The van der Waals surface area contributed by atoms with Crippen LogP contribution in [0.2, 0.25) is 0 Å². The van der Waals surface area contributed by atoms with Gasteiger partial charge in [-0.05, 0) is 121 Å². The van der Waals surface area contributed by atoms with Crippen LogP contribution in [-0.4, -0.2) is 24.9 Å².